The molecule has 0 bridgehead atoms. The molecule has 1 aromatic carbocycles. The average molecular weight is 257 g/mol. The van der Waals surface area contributed by atoms with Gasteiger partial charge in [0.2, 0.25) is 0 Å². The number of amides is 1. The largest absolute Gasteiger partial charge is 0.368 e. The summed E-state index contributed by atoms with van der Waals surface area (Å²) in [6, 6.07) is 8.50. The maximum absolute atomic E-state index is 12.2. The Labute approximate surface area is 113 Å². The SMILES string of the molecule is CCOC1CC2=C(CCc3ccccc32)N(C)C1=O. The summed E-state index contributed by atoms with van der Waals surface area (Å²) in [5, 5.41) is 0. The van der Waals surface area contributed by atoms with Crippen LogP contribution in [-0.2, 0) is 16.0 Å². The molecular weight excluding hydrogens is 238 g/mol. The molecule has 1 unspecified atom stereocenters. The van der Waals surface area contributed by atoms with E-state index in [1.54, 1.807) is 4.90 Å². The Hall–Kier alpha value is -1.61. The van der Waals surface area contributed by atoms with Gasteiger partial charge >= 0.3 is 0 Å². The minimum atomic E-state index is -0.320. The maximum atomic E-state index is 12.2. The number of aryl methyl sites for hydroxylation is 1. The molecule has 0 fully saturated rings. The van der Waals surface area contributed by atoms with Gasteiger partial charge in [0.25, 0.3) is 5.91 Å². The fourth-order valence-electron chi connectivity index (χ4n) is 3.14. The average Bonchev–Trinajstić information content (AvgIpc) is 2.44. The number of rotatable bonds is 2. The molecule has 3 nitrogen and oxygen atoms in total. The molecule has 19 heavy (non-hydrogen) atoms. The van der Waals surface area contributed by atoms with E-state index in [1.807, 2.05) is 14.0 Å². The van der Waals surface area contributed by atoms with Crippen LogP contribution >= 0.6 is 0 Å². The Morgan fingerprint density at radius 2 is 2.11 bits per heavy atom. The van der Waals surface area contributed by atoms with Crippen molar-refractivity contribution in [1.82, 2.24) is 4.90 Å². The van der Waals surface area contributed by atoms with Crippen LogP contribution < -0.4 is 0 Å². The summed E-state index contributed by atoms with van der Waals surface area (Å²) in [5.41, 5.74) is 5.16. The minimum Gasteiger partial charge on any atom is -0.368 e. The monoisotopic (exact) mass is 257 g/mol. The highest BCUT2D eigenvalue weighted by molar-refractivity contribution is 5.91. The molecule has 0 N–H and O–H groups in total. The van der Waals surface area contributed by atoms with Gasteiger partial charge in [0, 0.05) is 25.8 Å². The third-order valence-electron chi connectivity index (χ3n) is 4.09. The smallest absolute Gasteiger partial charge is 0.255 e. The molecule has 2 aliphatic rings. The zero-order valence-corrected chi connectivity index (χ0v) is 11.5. The normalized spacial score (nSPS) is 22.3. The van der Waals surface area contributed by atoms with Gasteiger partial charge in [-0.2, -0.15) is 0 Å². The van der Waals surface area contributed by atoms with Crippen LogP contribution in [0.2, 0.25) is 0 Å². The lowest BCUT2D eigenvalue weighted by Gasteiger charge is -2.37. The fraction of sp³-hybridized carbons (Fsp3) is 0.438. The van der Waals surface area contributed by atoms with E-state index in [0.717, 1.165) is 12.8 Å². The summed E-state index contributed by atoms with van der Waals surface area (Å²) in [7, 11) is 1.87. The highest BCUT2D eigenvalue weighted by Gasteiger charge is 2.35. The number of allylic oxidation sites excluding steroid dienone is 1. The number of hydrogen-bond acceptors (Lipinski definition) is 2. The van der Waals surface area contributed by atoms with Crippen LogP contribution in [0.5, 0.6) is 0 Å². The zero-order valence-electron chi connectivity index (χ0n) is 11.5. The Kier molecular flexibility index (Phi) is 3.15. The van der Waals surface area contributed by atoms with E-state index in [0.29, 0.717) is 13.0 Å². The molecule has 3 heteroatoms. The number of fused-ring (bicyclic) bond motifs is 2. The quantitative estimate of drug-likeness (QED) is 0.815. The molecule has 1 aliphatic carbocycles. The van der Waals surface area contributed by atoms with E-state index in [4.69, 9.17) is 4.74 Å². The number of hydrogen-bond donors (Lipinski definition) is 0. The number of nitrogens with zero attached hydrogens (tertiary/aromatic N) is 1. The Morgan fingerprint density at radius 1 is 1.32 bits per heavy atom. The van der Waals surface area contributed by atoms with Gasteiger partial charge in [0.1, 0.15) is 6.10 Å². The van der Waals surface area contributed by atoms with Gasteiger partial charge in [-0.25, -0.2) is 0 Å². The zero-order chi connectivity index (χ0) is 13.4. The van der Waals surface area contributed by atoms with Gasteiger partial charge in [0.15, 0.2) is 0 Å². The van der Waals surface area contributed by atoms with Crippen molar-refractivity contribution in [2.75, 3.05) is 13.7 Å². The first-order chi connectivity index (χ1) is 9.22. The van der Waals surface area contributed by atoms with Gasteiger partial charge < -0.3 is 9.64 Å². The van der Waals surface area contributed by atoms with E-state index < -0.39 is 0 Å². The molecule has 0 radical (unpaired) electrons. The summed E-state index contributed by atoms with van der Waals surface area (Å²) >= 11 is 0. The number of ether oxygens (including phenoxy) is 1. The Morgan fingerprint density at radius 3 is 2.89 bits per heavy atom. The summed E-state index contributed by atoms with van der Waals surface area (Å²) in [4.78, 5) is 14.0. The van der Waals surface area contributed by atoms with E-state index in [2.05, 4.69) is 24.3 Å². The van der Waals surface area contributed by atoms with Crippen LogP contribution in [0.1, 0.15) is 30.9 Å². The molecule has 1 aromatic rings. The van der Waals surface area contributed by atoms with Crippen molar-refractivity contribution in [1.29, 1.82) is 0 Å². The fourth-order valence-corrected chi connectivity index (χ4v) is 3.14. The predicted octanol–water partition coefficient (Wildman–Crippen LogP) is 2.61. The second-order valence-corrected chi connectivity index (χ2v) is 5.13. The highest BCUT2D eigenvalue weighted by Crippen LogP contribution is 2.39. The molecule has 1 atom stereocenters. The molecule has 1 heterocycles. The van der Waals surface area contributed by atoms with E-state index in [-0.39, 0.29) is 12.0 Å². The first-order valence-corrected chi connectivity index (χ1v) is 6.91. The second-order valence-electron chi connectivity index (χ2n) is 5.13. The van der Waals surface area contributed by atoms with Crippen LogP contribution in [0, 0.1) is 0 Å². The van der Waals surface area contributed by atoms with Crippen molar-refractivity contribution >= 4 is 11.5 Å². The van der Waals surface area contributed by atoms with Gasteiger partial charge in [-0.05, 0) is 36.5 Å². The van der Waals surface area contributed by atoms with Crippen molar-refractivity contribution in [3.8, 4) is 0 Å². The topological polar surface area (TPSA) is 29.5 Å². The minimum absolute atomic E-state index is 0.0972. The van der Waals surface area contributed by atoms with Crippen LogP contribution in [0.15, 0.2) is 30.0 Å². The lowest BCUT2D eigenvalue weighted by atomic mass is 9.83. The molecule has 0 spiro atoms. The summed E-state index contributed by atoms with van der Waals surface area (Å²) < 4.78 is 5.60. The molecule has 1 aliphatic heterocycles. The molecule has 100 valence electrons. The Bertz CT molecular complexity index is 547. The van der Waals surface area contributed by atoms with E-state index in [1.165, 1.54) is 22.4 Å². The maximum Gasteiger partial charge on any atom is 0.255 e. The number of likely N-dealkylation sites (N-methyl/N-ethyl adjacent to an activating group) is 1. The van der Waals surface area contributed by atoms with Gasteiger partial charge in [-0.3, -0.25) is 4.79 Å². The summed E-state index contributed by atoms with van der Waals surface area (Å²) in [6.07, 6.45) is 2.36. The van der Waals surface area contributed by atoms with Gasteiger partial charge in [0.05, 0.1) is 0 Å². The van der Waals surface area contributed by atoms with Crippen molar-refractivity contribution in [3.63, 3.8) is 0 Å². The molecule has 0 aromatic heterocycles. The molecular formula is C16H19NO2. The lowest BCUT2D eigenvalue weighted by Crippen LogP contribution is -2.42. The second kappa shape index (κ2) is 4.82. The van der Waals surface area contributed by atoms with Crippen LogP contribution in [0.4, 0.5) is 0 Å². The predicted molar refractivity (Wildman–Crippen MR) is 74.5 cm³/mol. The highest BCUT2D eigenvalue weighted by atomic mass is 16.5. The first kappa shape index (κ1) is 12.4. The first-order valence-electron chi connectivity index (χ1n) is 6.91. The van der Waals surface area contributed by atoms with Gasteiger partial charge in [-0.1, -0.05) is 24.3 Å². The number of carbonyl (C=O) groups excluding carboxylic acids is 1. The van der Waals surface area contributed by atoms with Gasteiger partial charge in [-0.15, -0.1) is 0 Å². The van der Waals surface area contributed by atoms with Crippen molar-refractivity contribution in [2.45, 2.75) is 32.3 Å². The molecule has 1 amide bonds. The third-order valence-corrected chi connectivity index (χ3v) is 4.09. The summed E-state index contributed by atoms with van der Waals surface area (Å²) in [6.45, 7) is 2.51. The van der Waals surface area contributed by atoms with Crippen molar-refractivity contribution < 1.29 is 9.53 Å². The van der Waals surface area contributed by atoms with E-state index in [9.17, 15) is 4.79 Å². The molecule has 0 saturated carbocycles. The lowest BCUT2D eigenvalue weighted by molar-refractivity contribution is -0.141. The number of carbonyl (C=O) groups is 1. The van der Waals surface area contributed by atoms with Crippen LogP contribution in [0.25, 0.3) is 5.57 Å². The third kappa shape index (κ3) is 1.98. The van der Waals surface area contributed by atoms with Crippen LogP contribution in [-0.4, -0.2) is 30.6 Å². The Balaban J connectivity index is 2.04. The molecule has 3 rings (SSSR count). The van der Waals surface area contributed by atoms with E-state index >= 15 is 0 Å². The molecule has 0 saturated heterocycles. The summed E-state index contributed by atoms with van der Waals surface area (Å²) in [5.74, 6) is 0.0972. The van der Waals surface area contributed by atoms with Crippen LogP contribution in [0.3, 0.4) is 0 Å². The standard InChI is InChI=1S/C16H19NO2/c1-3-19-15-10-13-12-7-5-4-6-11(12)8-9-14(13)17(2)16(15)18/h4-7,15H,3,8-10H2,1-2H3. The van der Waals surface area contributed by atoms with Crippen molar-refractivity contribution in [2.24, 2.45) is 0 Å². The number of benzene rings is 1. The van der Waals surface area contributed by atoms with Crippen molar-refractivity contribution in [3.05, 3.63) is 41.1 Å².